The number of fused-ring (bicyclic) bond motifs is 5. The average molecular weight is 223 g/mol. The zero-order valence-corrected chi connectivity index (χ0v) is 9.69. The molecule has 0 aromatic carbocycles. The third kappa shape index (κ3) is 1.56. The van der Waals surface area contributed by atoms with Crippen LogP contribution in [0.15, 0.2) is 0 Å². The first-order valence-corrected chi connectivity index (χ1v) is 6.71. The van der Waals surface area contributed by atoms with Crippen LogP contribution in [0.1, 0.15) is 32.1 Å². The van der Waals surface area contributed by atoms with Crippen molar-refractivity contribution in [1.82, 2.24) is 5.32 Å². The fourth-order valence-corrected chi connectivity index (χ4v) is 4.24. The van der Waals surface area contributed by atoms with E-state index < -0.39 is 0 Å². The molecule has 0 aliphatic heterocycles. The van der Waals surface area contributed by atoms with Gasteiger partial charge in [0.2, 0.25) is 5.91 Å². The molecule has 3 rings (SSSR count). The monoisotopic (exact) mass is 223 g/mol. The maximum absolute atomic E-state index is 11.9. The van der Waals surface area contributed by atoms with Crippen LogP contribution in [0.3, 0.4) is 0 Å². The lowest BCUT2D eigenvalue weighted by molar-refractivity contribution is -0.123. The number of hydrogen-bond donors (Lipinski definition) is 2. The quantitative estimate of drug-likeness (QED) is 0.687. The molecule has 0 spiro atoms. The van der Waals surface area contributed by atoms with Gasteiger partial charge in [-0.05, 0) is 55.8 Å². The smallest absolute Gasteiger partial charge is 0.223 e. The molecule has 0 heterocycles. The summed E-state index contributed by atoms with van der Waals surface area (Å²) in [7, 11) is 0. The summed E-state index contributed by atoms with van der Waals surface area (Å²) in [6.07, 6.45) is 5.85. The Morgan fingerprint density at radius 2 is 1.88 bits per heavy atom. The highest BCUT2D eigenvalue weighted by Gasteiger charge is 2.67. The van der Waals surface area contributed by atoms with E-state index in [-0.39, 0.29) is 6.61 Å². The van der Waals surface area contributed by atoms with Crippen molar-refractivity contribution >= 4 is 5.91 Å². The Morgan fingerprint density at radius 3 is 2.50 bits per heavy atom. The van der Waals surface area contributed by atoms with Crippen molar-refractivity contribution in [2.75, 3.05) is 13.2 Å². The number of hydrogen-bond acceptors (Lipinski definition) is 2. The molecule has 3 saturated carbocycles. The van der Waals surface area contributed by atoms with Gasteiger partial charge in [-0.1, -0.05) is 0 Å². The Morgan fingerprint density at radius 1 is 1.19 bits per heavy atom. The van der Waals surface area contributed by atoms with Gasteiger partial charge in [-0.2, -0.15) is 0 Å². The highest BCUT2D eigenvalue weighted by atomic mass is 16.2. The number of amides is 1. The third-order valence-corrected chi connectivity index (χ3v) is 4.92. The van der Waals surface area contributed by atoms with E-state index in [9.17, 15) is 4.79 Å². The summed E-state index contributed by atoms with van der Waals surface area (Å²) in [5.41, 5.74) is 0. The zero-order valence-electron chi connectivity index (χ0n) is 9.69. The molecule has 3 nitrogen and oxygen atoms in total. The molecule has 16 heavy (non-hydrogen) atoms. The van der Waals surface area contributed by atoms with Gasteiger partial charge < -0.3 is 10.4 Å². The fourth-order valence-electron chi connectivity index (χ4n) is 4.24. The van der Waals surface area contributed by atoms with E-state index in [1.165, 1.54) is 19.3 Å². The van der Waals surface area contributed by atoms with Gasteiger partial charge in [-0.15, -0.1) is 0 Å². The van der Waals surface area contributed by atoms with Crippen LogP contribution in [-0.2, 0) is 4.79 Å². The van der Waals surface area contributed by atoms with Crippen molar-refractivity contribution < 1.29 is 9.90 Å². The minimum absolute atomic E-state index is 0.231. The second-order valence-corrected chi connectivity index (χ2v) is 5.74. The van der Waals surface area contributed by atoms with Crippen molar-refractivity contribution in [2.24, 2.45) is 29.6 Å². The Hall–Kier alpha value is -0.570. The van der Waals surface area contributed by atoms with Gasteiger partial charge in [0.1, 0.15) is 0 Å². The van der Waals surface area contributed by atoms with Gasteiger partial charge in [-0.3, -0.25) is 4.79 Å². The normalized spacial score (nSPS) is 43.2. The molecular weight excluding hydrogens is 202 g/mol. The number of aliphatic hydroxyl groups excluding tert-OH is 1. The second kappa shape index (κ2) is 4.02. The molecule has 0 radical (unpaired) electrons. The van der Waals surface area contributed by atoms with Crippen molar-refractivity contribution in [1.29, 1.82) is 0 Å². The van der Waals surface area contributed by atoms with E-state index in [0.717, 1.165) is 43.1 Å². The number of nitrogens with one attached hydrogen (secondary N) is 1. The maximum atomic E-state index is 11.9. The van der Waals surface area contributed by atoms with Crippen LogP contribution in [-0.4, -0.2) is 24.2 Å². The Labute approximate surface area is 96.6 Å². The van der Waals surface area contributed by atoms with Crippen LogP contribution >= 0.6 is 0 Å². The Kier molecular flexibility index (Phi) is 2.66. The number of rotatable bonds is 5. The van der Waals surface area contributed by atoms with Gasteiger partial charge >= 0.3 is 0 Å². The summed E-state index contributed by atoms with van der Waals surface area (Å²) in [6.45, 7) is 0.972. The largest absolute Gasteiger partial charge is 0.396 e. The molecule has 2 N–H and O–H groups in total. The molecule has 0 aromatic heterocycles. The summed E-state index contributed by atoms with van der Waals surface area (Å²) < 4.78 is 0. The van der Waals surface area contributed by atoms with Crippen molar-refractivity contribution in [2.45, 2.75) is 32.1 Å². The molecular formula is C13H21NO2. The molecule has 0 aromatic rings. The lowest BCUT2D eigenvalue weighted by Gasteiger charge is -2.09. The summed E-state index contributed by atoms with van der Waals surface area (Å²) in [5, 5.41) is 11.7. The highest BCUT2D eigenvalue weighted by Crippen LogP contribution is 2.69. The van der Waals surface area contributed by atoms with Gasteiger partial charge in [-0.25, -0.2) is 0 Å². The van der Waals surface area contributed by atoms with E-state index in [1.54, 1.807) is 0 Å². The Bertz CT molecular complexity index is 276. The van der Waals surface area contributed by atoms with Gasteiger partial charge in [0, 0.05) is 19.1 Å². The van der Waals surface area contributed by atoms with Crippen LogP contribution in [0.25, 0.3) is 0 Å². The molecule has 3 aliphatic rings. The van der Waals surface area contributed by atoms with Gasteiger partial charge in [0.15, 0.2) is 0 Å². The molecule has 90 valence electrons. The van der Waals surface area contributed by atoms with Crippen LogP contribution in [0.4, 0.5) is 0 Å². The molecule has 3 aliphatic carbocycles. The molecule has 2 bridgehead atoms. The third-order valence-electron chi connectivity index (χ3n) is 4.92. The fraction of sp³-hybridized carbons (Fsp3) is 0.923. The van der Waals surface area contributed by atoms with Gasteiger partial charge in [0.25, 0.3) is 0 Å². The molecule has 0 saturated heterocycles. The van der Waals surface area contributed by atoms with Crippen molar-refractivity contribution in [3.05, 3.63) is 0 Å². The van der Waals surface area contributed by atoms with E-state index in [2.05, 4.69) is 5.32 Å². The lowest BCUT2D eigenvalue weighted by Crippen LogP contribution is -2.28. The highest BCUT2D eigenvalue weighted by molar-refractivity contribution is 5.82. The molecule has 4 unspecified atom stereocenters. The second-order valence-electron chi connectivity index (χ2n) is 5.74. The van der Waals surface area contributed by atoms with Crippen molar-refractivity contribution in [3.63, 3.8) is 0 Å². The minimum Gasteiger partial charge on any atom is -0.396 e. The number of unbranched alkanes of at least 4 members (excludes halogenated alkanes) is 1. The number of carbonyl (C=O) groups excluding carboxylic acids is 1. The zero-order chi connectivity index (χ0) is 11.1. The average Bonchev–Trinajstić information content (AvgIpc) is 2.74. The van der Waals surface area contributed by atoms with Crippen molar-refractivity contribution in [3.8, 4) is 0 Å². The van der Waals surface area contributed by atoms with E-state index in [1.807, 2.05) is 0 Å². The van der Waals surface area contributed by atoms with Crippen LogP contribution < -0.4 is 5.32 Å². The first-order valence-electron chi connectivity index (χ1n) is 6.71. The summed E-state index contributed by atoms with van der Waals surface area (Å²) >= 11 is 0. The lowest BCUT2D eigenvalue weighted by atomic mass is 10.0. The first-order chi connectivity index (χ1) is 7.83. The summed E-state index contributed by atoms with van der Waals surface area (Å²) in [5.74, 6) is 3.91. The predicted octanol–water partition coefficient (Wildman–Crippen LogP) is 1.17. The van der Waals surface area contributed by atoms with E-state index in [0.29, 0.717) is 11.8 Å². The molecule has 3 heteroatoms. The minimum atomic E-state index is 0.231. The number of aliphatic hydroxyl groups is 1. The standard InChI is InChI=1S/C13H21NO2/c15-6-2-1-5-14-13(16)12-10-8-3-4-9(7-8)11(10)12/h8-12,15H,1-7H2,(H,14,16). The summed E-state index contributed by atoms with van der Waals surface area (Å²) in [4.78, 5) is 11.9. The topological polar surface area (TPSA) is 49.3 Å². The predicted molar refractivity (Wildman–Crippen MR) is 60.6 cm³/mol. The molecule has 3 fully saturated rings. The van der Waals surface area contributed by atoms with Crippen LogP contribution in [0, 0.1) is 29.6 Å². The van der Waals surface area contributed by atoms with E-state index >= 15 is 0 Å². The maximum Gasteiger partial charge on any atom is 0.223 e. The van der Waals surface area contributed by atoms with E-state index in [4.69, 9.17) is 5.11 Å². The SMILES string of the molecule is O=C(NCCCCO)C1C2C3CCC(C3)C12. The first kappa shape index (κ1) is 10.6. The van der Waals surface area contributed by atoms with Crippen LogP contribution in [0.2, 0.25) is 0 Å². The van der Waals surface area contributed by atoms with Crippen LogP contribution in [0.5, 0.6) is 0 Å². The van der Waals surface area contributed by atoms with Gasteiger partial charge in [0.05, 0.1) is 0 Å². The molecule has 4 atom stereocenters. The summed E-state index contributed by atoms with van der Waals surface area (Å²) in [6, 6.07) is 0. The number of carbonyl (C=O) groups is 1. The Balaban J connectivity index is 1.44. The molecule has 1 amide bonds.